The van der Waals surface area contributed by atoms with Crippen LogP contribution < -0.4 is 4.74 Å². The van der Waals surface area contributed by atoms with E-state index in [0.717, 1.165) is 17.7 Å². The first-order chi connectivity index (χ1) is 8.07. The molecular formula is C14H19NO2. The predicted octanol–water partition coefficient (Wildman–Crippen LogP) is 3.15. The summed E-state index contributed by atoms with van der Waals surface area (Å²) in [6.45, 7) is 5.02. The highest BCUT2D eigenvalue weighted by atomic mass is 16.5. The highest BCUT2D eigenvalue weighted by Gasteiger charge is 2.15. The molecule has 0 N–H and O–H groups in total. The highest BCUT2D eigenvalue weighted by molar-refractivity contribution is 5.26. The summed E-state index contributed by atoms with van der Waals surface area (Å²) in [6, 6.07) is 10.0. The van der Waals surface area contributed by atoms with E-state index < -0.39 is 0 Å². The van der Waals surface area contributed by atoms with E-state index in [9.17, 15) is 0 Å². The highest BCUT2D eigenvalue weighted by Crippen LogP contribution is 2.18. The van der Waals surface area contributed by atoms with Gasteiger partial charge >= 0.3 is 0 Å². The van der Waals surface area contributed by atoms with E-state index >= 15 is 0 Å². The van der Waals surface area contributed by atoms with Crippen LogP contribution in [0.4, 0.5) is 0 Å². The van der Waals surface area contributed by atoms with E-state index in [1.54, 1.807) is 7.11 Å². The molecule has 0 aliphatic carbocycles. The number of ether oxygens (including phenoxy) is 2. The SMILES string of the molecule is COc1ccc(COCCC(C)(C)C#N)cc1. The Morgan fingerprint density at radius 3 is 2.41 bits per heavy atom. The third kappa shape index (κ3) is 4.88. The third-order valence-corrected chi connectivity index (χ3v) is 2.60. The van der Waals surface area contributed by atoms with Gasteiger partial charge in [0, 0.05) is 6.61 Å². The minimum atomic E-state index is -0.306. The molecule has 1 aromatic carbocycles. The van der Waals surface area contributed by atoms with Crippen LogP contribution in [0, 0.1) is 16.7 Å². The summed E-state index contributed by atoms with van der Waals surface area (Å²) in [5.41, 5.74) is 0.806. The van der Waals surface area contributed by atoms with Gasteiger partial charge in [-0.3, -0.25) is 0 Å². The first-order valence-corrected chi connectivity index (χ1v) is 5.69. The summed E-state index contributed by atoms with van der Waals surface area (Å²) < 4.78 is 10.6. The van der Waals surface area contributed by atoms with E-state index in [1.807, 2.05) is 38.1 Å². The number of nitriles is 1. The van der Waals surface area contributed by atoms with E-state index in [4.69, 9.17) is 14.7 Å². The van der Waals surface area contributed by atoms with Crippen LogP contribution in [0.25, 0.3) is 0 Å². The van der Waals surface area contributed by atoms with E-state index in [0.29, 0.717) is 13.2 Å². The van der Waals surface area contributed by atoms with Gasteiger partial charge in [0.15, 0.2) is 0 Å². The zero-order valence-corrected chi connectivity index (χ0v) is 10.7. The van der Waals surface area contributed by atoms with Gasteiger partial charge in [-0.2, -0.15) is 5.26 Å². The topological polar surface area (TPSA) is 42.2 Å². The number of methoxy groups -OCH3 is 1. The minimum Gasteiger partial charge on any atom is -0.497 e. The van der Waals surface area contributed by atoms with Crippen molar-refractivity contribution in [1.29, 1.82) is 5.26 Å². The Bertz CT molecular complexity index is 376. The predicted molar refractivity (Wildman–Crippen MR) is 66.7 cm³/mol. The molecule has 0 spiro atoms. The zero-order chi connectivity index (χ0) is 12.7. The fourth-order valence-corrected chi connectivity index (χ4v) is 1.30. The van der Waals surface area contributed by atoms with Gasteiger partial charge < -0.3 is 9.47 Å². The molecule has 0 saturated heterocycles. The molecule has 0 heterocycles. The fraction of sp³-hybridized carbons (Fsp3) is 0.500. The van der Waals surface area contributed by atoms with Crippen molar-refractivity contribution in [3.8, 4) is 11.8 Å². The summed E-state index contributed by atoms with van der Waals surface area (Å²) >= 11 is 0. The molecule has 0 atom stereocenters. The number of nitrogens with zero attached hydrogens (tertiary/aromatic N) is 1. The molecule has 1 aromatic rings. The summed E-state index contributed by atoms with van der Waals surface area (Å²) in [6.07, 6.45) is 0.750. The maximum atomic E-state index is 8.85. The normalized spacial score (nSPS) is 10.9. The van der Waals surface area contributed by atoms with Gasteiger partial charge in [-0.25, -0.2) is 0 Å². The number of rotatable bonds is 6. The zero-order valence-electron chi connectivity index (χ0n) is 10.7. The first kappa shape index (κ1) is 13.5. The molecule has 0 aromatic heterocycles. The molecule has 0 fully saturated rings. The summed E-state index contributed by atoms with van der Waals surface area (Å²) in [4.78, 5) is 0. The lowest BCUT2D eigenvalue weighted by Crippen LogP contribution is -2.11. The lowest BCUT2D eigenvalue weighted by Gasteiger charge is -2.14. The number of hydrogen-bond donors (Lipinski definition) is 0. The van der Waals surface area contributed by atoms with Gasteiger partial charge in [-0.05, 0) is 38.0 Å². The van der Waals surface area contributed by atoms with Crippen LogP contribution in [0.15, 0.2) is 24.3 Å². The third-order valence-electron chi connectivity index (χ3n) is 2.60. The van der Waals surface area contributed by atoms with Crippen LogP contribution >= 0.6 is 0 Å². The number of benzene rings is 1. The molecule has 0 aliphatic rings. The van der Waals surface area contributed by atoms with Crippen molar-refractivity contribution < 1.29 is 9.47 Å². The van der Waals surface area contributed by atoms with Gasteiger partial charge in [0.25, 0.3) is 0 Å². The molecule has 0 amide bonds. The summed E-state index contributed by atoms with van der Waals surface area (Å²) in [5.74, 6) is 0.847. The van der Waals surface area contributed by atoms with Crippen LogP contribution in [0.3, 0.4) is 0 Å². The second kappa shape index (κ2) is 6.27. The largest absolute Gasteiger partial charge is 0.497 e. The second-order valence-corrected chi connectivity index (χ2v) is 4.65. The average molecular weight is 233 g/mol. The molecule has 0 bridgehead atoms. The molecule has 1 rings (SSSR count). The average Bonchev–Trinajstić information content (AvgIpc) is 2.35. The molecule has 3 heteroatoms. The van der Waals surface area contributed by atoms with Crippen LogP contribution in [0.1, 0.15) is 25.8 Å². The Balaban J connectivity index is 2.29. The first-order valence-electron chi connectivity index (χ1n) is 5.69. The van der Waals surface area contributed by atoms with Crippen molar-refractivity contribution >= 4 is 0 Å². The molecule has 92 valence electrons. The van der Waals surface area contributed by atoms with Gasteiger partial charge in [0.2, 0.25) is 0 Å². The van der Waals surface area contributed by atoms with Crippen molar-refractivity contribution in [1.82, 2.24) is 0 Å². The Morgan fingerprint density at radius 2 is 1.88 bits per heavy atom. The van der Waals surface area contributed by atoms with Crippen molar-refractivity contribution in [2.45, 2.75) is 26.9 Å². The lowest BCUT2D eigenvalue weighted by atomic mass is 9.92. The molecule has 0 radical (unpaired) electrons. The smallest absolute Gasteiger partial charge is 0.118 e. The van der Waals surface area contributed by atoms with Gasteiger partial charge in [0.1, 0.15) is 5.75 Å². The Kier molecular flexibility index (Phi) is 4.99. The van der Waals surface area contributed by atoms with Crippen molar-refractivity contribution in [2.24, 2.45) is 5.41 Å². The van der Waals surface area contributed by atoms with E-state index in [1.165, 1.54) is 0 Å². The van der Waals surface area contributed by atoms with Gasteiger partial charge in [-0.15, -0.1) is 0 Å². The van der Waals surface area contributed by atoms with Crippen molar-refractivity contribution in [3.63, 3.8) is 0 Å². The van der Waals surface area contributed by atoms with Crippen LogP contribution in [0.2, 0.25) is 0 Å². The maximum Gasteiger partial charge on any atom is 0.118 e. The molecule has 0 aliphatic heterocycles. The van der Waals surface area contributed by atoms with E-state index in [2.05, 4.69) is 6.07 Å². The number of hydrogen-bond acceptors (Lipinski definition) is 3. The Morgan fingerprint density at radius 1 is 1.24 bits per heavy atom. The van der Waals surface area contributed by atoms with E-state index in [-0.39, 0.29) is 5.41 Å². The monoisotopic (exact) mass is 233 g/mol. The molecular weight excluding hydrogens is 214 g/mol. The standard InChI is InChI=1S/C14H19NO2/c1-14(2,11-15)8-9-17-10-12-4-6-13(16-3)7-5-12/h4-7H,8-10H2,1-3H3. The molecule has 0 unspecified atom stereocenters. The second-order valence-electron chi connectivity index (χ2n) is 4.65. The van der Waals surface area contributed by atoms with Crippen LogP contribution in [-0.4, -0.2) is 13.7 Å². The molecule has 3 nitrogen and oxygen atoms in total. The maximum absolute atomic E-state index is 8.85. The van der Waals surface area contributed by atoms with Crippen LogP contribution in [-0.2, 0) is 11.3 Å². The molecule has 0 saturated carbocycles. The quantitative estimate of drug-likeness (QED) is 0.709. The van der Waals surface area contributed by atoms with Crippen molar-refractivity contribution in [2.75, 3.05) is 13.7 Å². The van der Waals surface area contributed by atoms with Gasteiger partial charge in [0.05, 0.1) is 25.2 Å². The lowest BCUT2D eigenvalue weighted by molar-refractivity contribution is 0.102. The Labute approximate surface area is 103 Å². The fourth-order valence-electron chi connectivity index (χ4n) is 1.30. The van der Waals surface area contributed by atoms with Crippen molar-refractivity contribution in [3.05, 3.63) is 29.8 Å². The minimum absolute atomic E-state index is 0.306. The summed E-state index contributed by atoms with van der Waals surface area (Å²) in [7, 11) is 1.65. The van der Waals surface area contributed by atoms with Crippen LogP contribution in [0.5, 0.6) is 5.75 Å². The van der Waals surface area contributed by atoms with Gasteiger partial charge in [-0.1, -0.05) is 12.1 Å². The summed E-state index contributed by atoms with van der Waals surface area (Å²) in [5, 5.41) is 8.85. The Hall–Kier alpha value is -1.53. The molecule has 17 heavy (non-hydrogen) atoms.